The maximum absolute atomic E-state index is 13.0. The number of carbonyl (C=O) groups excluding carboxylic acids is 1. The van der Waals surface area contributed by atoms with E-state index >= 15 is 0 Å². The zero-order chi connectivity index (χ0) is 25.9. The Labute approximate surface area is 212 Å². The third-order valence-corrected chi connectivity index (χ3v) is 8.90. The van der Waals surface area contributed by atoms with Crippen molar-refractivity contribution in [2.24, 2.45) is 23.2 Å². The smallest absolute Gasteiger partial charge is 0.388 e. The summed E-state index contributed by atoms with van der Waals surface area (Å²) >= 11 is 1.60. The van der Waals surface area contributed by atoms with Gasteiger partial charge in [0.1, 0.15) is 0 Å². The van der Waals surface area contributed by atoms with Crippen LogP contribution in [0.15, 0.2) is 34.9 Å². The number of hydrogen-bond donors (Lipinski definition) is 0. The minimum Gasteiger partial charge on any atom is -0.469 e. The van der Waals surface area contributed by atoms with Crippen LogP contribution in [0.1, 0.15) is 59.9 Å². The van der Waals surface area contributed by atoms with Gasteiger partial charge < -0.3 is 9.47 Å². The van der Waals surface area contributed by atoms with E-state index in [9.17, 15) is 13.6 Å². The standard InChI is InChI=1S/C27H38F2N2O3S/c1-16-10-11-22(21-9-8-12-30-24(21)34-26(28)29)35-23(17(16)2)18(3)31-14-19(25(32)33-7)13-20(15-31)27(4,5)6/h8-9,11-12,16,18-20,26H,10,13-15H2,1-7H3/t16?,18?,19-,20?/m1/s1. The Kier molecular flexibility index (Phi) is 9.02. The molecule has 3 rings (SSSR count). The van der Waals surface area contributed by atoms with Crippen molar-refractivity contribution < 1.29 is 23.0 Å². The normalized spacial score (nSPS) is 25.2. The number of ether oxygens (including phenoxy) is 2. The van der Waals surface area contributed by atoms with Crippen LogP contribution in [-0.4, -0.2) is 48.7 Å². The number of rotatable bonds is 6. The van der Waals surface area contributed by atoms with Crippen molar-refractivity contribution in [2.45, 2.75) is 67.0 Å². The average Bonchev–Trinajstić information content (AvgIpc) is 2.96. The molecule has 0 spiro atoms. The molecule has 194 valence electrons. The molecule has 0 saturated carbocycles. The number of methoxy groups -OCH3 is 1. The number of alkyl halides is 2. The molecule has 0 bridgehead atoms. The van der Waals surface area contributed by atoms with Crippen LogP contribution in [0.2, 0.25) is 0 Å². The van der Waals surface area contributed by atoms with E-state index in [-0.39, 0.29) is 29.2 Å². The van der Waals surface area contributed by atoms with Crippen LogP contribution in [-0.2, 0) is 9.53 Å². The van der Waals surface area contributed by atoms with Crippen LogP contribution in [0.4, 0.5) is 8.78 Å². The van der Waals surface area contributed by atoms with E-state index in [1.54, 1.807) is 23.9 Å². The summed E-state index contributed by atoms with van der Waals surface area (Å²) in [7, 11) is 1.45. The highest BCUT2D eigenvalue weighted by atomic mass is 32.2. The van der Waals surface area contributed by atoms with Crippen molar-refractivity contribution >= 4 is 22.6 Å². The van der Waals surface area contributed by atoms with Gasteiger partial charge in [-0.15, -0.1) is 0 Å². The molecule has 4 atom stereocenters. The average molecular weight is 509 g/mol. The van der Waals surface area contributed by atoms with Gasteiger partial charge in [0.2, 0.25) is 5.88 Å². The number of thioether (sulfide) groups is 1. The number of halogens is 2. The van der Waals surface area contributed by atoms with E-state index in [1.807, 2.05) is 0 Å². The van der Waals surface area contributed by atoms with Crippen LogP contribution in [0, 0.1) is 23.2 Å². The van der Waals surface area contributed by atoms with Gasteiger partial charge in [-0.2, -0.15) is 8.78 Å². The van der Waals surface area contributed by atoms with Gasteiger partial charge in [0, 0.05) is 35.1 Å². The number of hydrogen-bond acceptors (Lipinski definition) is 6. The third-order valence-electron chi connectivity index (χ3n) is 7.41. The molecule has 0 amide bonds. The van der Waals surface area contributed by atoms with E-state index in [0.29, 0.717) is 23.9 Å². The molecule has 1 fully saturated rings. The molecule has 1 aromatic heterocycles. The molecule has 2 aliphatic heterocycles. The fraction of sp³-hybridized carbons (Fsp3) is 0.630. The fourth-order valence-electron chi connectivity index (χ4n) is 4.86. The van der Waals surface area contributed by atoms with Gasteiger partial charge >= 0.3 is 12.6 Å². The Balaban J connectivity index is 1.94. The molecular weight excluding hydrogens is 470 g/mol. The number of nitrogens with zero attached hydrogens (tertiary/aromatic N) is 2. The van der Waals surface area contributed by atoms with Crippen molar-refractivity contribution in [3.63, 3.8) is 0 Å². The summed E-state index contributed by atoms with van der Waals surface area (Å²) in [5.74, 6) is 0.254. The van der Waals surface area contributed by atoms with Gasteiger partial charge in [0.05, 0.1) is 18.6 Å². The highest BCUT2D eigenvalue weighted by Crippen LogP contribution is 2.46. The minimum atomic E-state index is -2.94. The Morgan fingerprint density at radius 2 is 2.00 bits per heavy atom. The predicted octanol–water partition coefficient (Wildman–Crippen LogP) is 6.62. The second-order valence-corrected chi connectivity index (χ2v) is 11.8. The first kappa shape index (κ1) is 27.7. The number of esters is 1. The molecule has 1 saturated heterocycles. The number of allylic oxidation sites excluding steroid dienone is 2. The molecule has 35 heavy (non-hydrogen) atoms. The lowest BCUT2D eigenvalue weighted by molar-refractivity contribution is -0.149. The lowest BCUT2D eigenvalue weighted by Gasteiger charge is -2.45. The lowest BCUT2D eigenvalue weighted by Crippen LogP contribution is -2.50. The second kappa shape index (κ2) is 11.4. The number of pyridine rings is 1. The van der Waals surface area contributed by atoms with Crippen molar-refractivity contribution in [1.82, 2.24) is 9.88 Å². The van der Waals surface area contributed by atoms with E-state index in [0.717, 1.165) is 24.3 Å². The monoisotopic (exact) mass is 508 g/mol. The molecule has 2 aliphatic rings. The highest BCUT2D eigenvalue weighted by molar-refractivity contribution is 8.11. The number of aromatic nitrogens is 1. The van der Waals surface area contributed by atoms with Crippen molar-refractivity contribution in [2.75, 3.05) is 20.2 Å². The Morgan fingerprint density at radius 3 is 2.63 bits per heavy atom. The molecule has 8 heteroatoms. The Hall–Kier alpha value is -1.93. The molecular formula is C27H38F2N2O3S. The maximum Gasteiger partial charge on any atom is 0.388 e. The minimum absolute atomic E-state index is 0.0531. The molecule has 5 nitrogen and oxygen atoms in total. The van der Waals surface area contributed by atoms with Crippen LogP contribution in [0.3, 0.4) is 0 Å². The summed E-state index contributed by atoms with van der Waals surface area (Å²) in [6, 6.07) is 3.57. The summed E-state index contributed by atoms with van der Waals surface area (Å²) in [6.45, 7) is 11.8. The predicted molar refractivity (Wildman–Crippen MR) is 137 cm³/mol. The number of piperidine rings is 1. The van der Waals surface area contributed by atoms with Gasteiger partial charge in [-0.05, 0) is 56.1 Å². The first-order valence-electron chi connectivity index (χ1n) is 12.2. The number of likely N-dealkylation sites (tertiary alicyclic amines) is 1. The van der Waals surface area contributed by atoms with Crippen molar-refractivity contribution in [3.05, 3.63) is 40.4 Å². The molecule has 0 aliphatic carbocycles. The van der Waals surface area contributed by atoms with Gasteiger partial charge in [-0.1, -0.05) is 51.1 Å². The zero-order valence-corrected chi connectivity index (χ0v) is 22.6. The lowest BCUT2D eigenvalue weighted by atomic mass is 9.73. The molecule has 3 unspecified atom stereocenters. The van der Waals surface area contributed by atoms with Gasteiger partial charge in [0.25, 0.3) is 0 Å². The first-order chi connectivity index (χ1) is 16.4. The first-order valence-corrected chi connectivity index (χ1v) is 13.0. The summed E-state index contributed by atoms with van der Waals surface area (Å²) in [6.07, 6.45) is 5.17. The van der Waals surface area contributed by atoms with Crippen molar-refractivity contribution in [3.8, 4) is 5.88 Å². The van der Waals surface area contributed by atoms with Crippen molar-refractivity contribution in [1.29, 1.82) is 0 Å². The van der Waals surface area contributed by atoms with Crippen LogP contribution in [0.5, 0.6) is 5.88 Å². The van der Waals surface area contributed by atoms with E-state index in [4.69, 9.17) is 9.47 Å². The van der Waals surface area contributed by atoms with E-state index in [2.05, 4.69) is 57.5 Å². The fourth-order valence-corrected chi connectivity index (χ4v) is 6.22. The Bertz CT molecular complexity index is 973. The quantitative estimate of drug-likeness (QED) is 0.403. The van der Waals surface area contributed by atoms with Crippen LogP contribution >= 0.6 is 11.8 Å². The van der Waals surface area contributed by atoms with Gasteiger partial charge in [-0.25, -0.2) is 4.98 Å². The SMILES string of the molecule is COC(=O)[C@@H]1CC(C(C)(C)C)CN(C(C)C2=C(C)C(C)CC=C(c3cccnc3OC(F)F)S2)C1. The highest BCUT2D eigenvalue weighted by Gasteiger charge is 2.40. The molecule has 3 heterocycles. The molecule has 0 radical (unpaired) electrons. The summed E-state index contributed by atoms with van der Waals surface area (Å²) in [5.41, 5.74) is 1.91. The molecule has 0 aromatic carbocycles. The van der Waals surface area contributed by atoms with Crippen LogP contribution < -0.4 is 4.74 Å². The van der Waals surface area contributed by atoms with E-state index < -0.39 is 6.61 Å². The third kappa shape index (κ3) is 6.64. The maximum atomic E-state index is 13.0. The Morgan fingerprint density at radius 1 is 1.29 bits per heavy atom. The summed E-state index contributed by atoms with van der Waals surface area (Å²) < 4.78 is 35.9. The molecule has 1 aromatic rings. The van der Waals surface area contributed by atoms with E-state index in [1.165, 1.54) is 23.8 Å². The summed E-state index contributed by atoms with van der Waals surface area (Å²) in [4.78, 5) is 21.1. The molecule has 0 N–H and O–H groups in total. The number of carbonyl (C=O) groups is 1. The largest absolute Gasteiger partial charge is 0.469 e. The summed E-state index contributed by atoms with van der Waals surface area (Å²) in [5, 5.41) is 0. The topological polar surface area (TPSA) is 51.7 Å². The van der Waals surface area contributed by atoms with Gasteiger partial charge in [0.15, 0.2) is 0 Å². The van der Waals surface area contributed by atoms with Gasteiger partial charge in [-0.3, -0.25) is 9.69 Å². The van der Waals surface area contributed by atoms with Crippen LogP contribution in [0.25, 0.3) is 4.91 Å². The zero-order valence-electron chi connectivity index (χ0n) is 21.8. The second-order valence-electron chi connectivity index (χ2n) is 10.7.